The Morgan fingerprint density at radius 1 is 1.02 bits per heavy atom. The molecule has 2 aromatic rings. The molecule has 0 aliphatic carbocycles. The van der Waals surface area contributed by atoms with Crippen LogP contribution in [0, 0.1) is 19.8 Å². The third kappa shape index (κ3) is 9.93. The van der Waals surface area contributed by atoms with Crippen molar-refractivity contribution in [3.63, 3.8) is 0 Å². The van der Waals surface area contributed by atoms with Gasteiger partial charge in [-0.25, -0.2) is 4.79 Å². The van der Waals surface area contributed by atoms with Gasteiger partial charge in [0.05, 0.1) is 10.7 Å². The molecule has 232 valence electrons. The molecular formula is C33H48ClN3O5. The largest absolute Gasteiger partial charge is 0.508 e. The molecule has 0 aromatic heterocycles. The number of carbonyl (C=O) groups is 3. The Hall–Kier alpha value is -3.26. The maximum Gasteiger partial charge on any atom is 0.408 e. The number of phenols is 1. The van der Waals surface area contributed by atoms with E-state index in [0.29, 0.717) is 41.2 Å². The summed E-state index contributed by atoms with van der Waals surface area (Å²) in [6, 6.07) is 8.25. The fourth-order valence-electron chi connectivity index (χ4n) is 4.68. The molecule has 2 aromatic carbocycles. The first kappa shape index (κ1) is 34.9. The lowest BCUT2D eigenvalue weighted by molar-refractivity contribution is -0.142. The summed E-state index contributed by atoms with van der Waals surface area (Å²) in [7, 11) is 0. The summed E-state index contributed by atoms with van der Waals surface area (Å²) in [5.41, 5.74) is 1.61. The second kappa shape index (κ2) is 15.8. The molecule has 0 saturated heterocycles. The van der Waals surface area contributed by atoms with Crippen LogP contribution in [0.3, 0.4) is 0 Å². The summed E-state index contributed by atoms with van der Waals surface area (Å²) >= 11 is 6.46. The number of carbonyl (C=O) groups excluding carboxylic acids is 3. The zero-order valence-corrected chi connectivity index (χ0v) is 27.1. The Labute approximate surface area is 256 Å². The van der Waals surface area contributed by atoms with Crippen LogP contribution in [0.4, 0.5) is 10.5 Å². The van der Waals surface area contributed by atoms with Crippen LogP contribution in [0.1, 0.15) is 96.4 Å². The Morgan fingerprint density at radius 2 is 1.71 bits per heavy atom. The first-order valence-electron chi connectivity index (χ1n) is 14.9. The first-order valence-corrected chi connectivity index (χ1v) is 15.2. The van der Waals surface area contributed by atoms with Crippen molar-refractivity contribution in [3.8, 4) is 5.75 Å². The summed E-state index contributed by atoms with van der Waals surface area (Å²) in [5.74, 6) is -0.974. The van der Waals surface area contributed by atoms with Gasteiger partial charge in [0, 0.05) is 6.54 Å². The third-order valence-electron chi connectivity index (χ3n) is 7.25. The third-order valence-corrected chi connectivity index (χ3v) is 7.57. The highest BCUT2D eigenvalue weighted by molar-refractivity contribution is 6.34. The Morgan fingerprint density at radius 3 is 2.29 bits per heavy atom. The van der Waals surface area contributed by atoms with Gasteiger partial charge in [-0.1, -0.05) is 76.3 Å². The number of nitrogens with zero attached hydrogens (tertiary/aromatic N) is 1. The molecular weight excluding hydrogens is 554 g/mol. The number of rotatable bonds is 13. The molecule has 3 atom stereocenters. The molecule has 0 radical (unpaired) electrons. The maximum atomic E-state index is 14.5. The highest BCUT2D eigenvalue weighted by atomic mass is 35.5. The van der Waals surface area contributed by atoms with Crippen LogP contribution in [0.15, 0.2) is 36.4 Å². The van der Waals surface area contributed by atoms with Crippen molar-refractivity contribution in [2.45, 2.75) is 105 Å². The Kier molecular flexibility index (Phi) is 13.2. The molecule has 0 saturated carbocycles. The summed E-state index contributed by atoms with van der Waals surface area (Å²) in [6.07, 6.45) is 3.47. The van der Waals surface area contributed by atoms with Crippen molar-refractivity contribution in [1.82, 2.24) is 10.2 Å². The molecule has 8 nitrogen and oxygen atoms in total. The predicted octanol–water partition coefficient (Wildman–Crippen LogP) is 7.69. The van der Waals surface area contributed by atoms with Gasteiger partial charge in [-0.15, -0.1) is 0 Å². The number of nitrogens with one attached hydrogen (secondary N) is 2. The van der Waals surface area contributed by atoms with Crippen LogP contribution in [0.5, 0.6) is 5.75 Å². The van der Waals surface area contributed by atoms with Crippen LogP contribution >= 0.6 is 11.6 Å². The number of halogens is 1. The molecule has 3 N–H and O–H groups in total. The number of aryl methyl sites for hydroxylation is 2. The molecule has 0 aliphatic heterocycles. The summed E-state index contributed by atoms with van der Waals surface area (Å²) in [4.78, 5) is 43.1. The van der Waals surface area contributed by atoms with Crippen molar-refractivity contribution in [2.75, 3.05) is 11.9 Å². The van der Waals surface area contributed by atoms with Crippen molar-refractivity contribution >= 4 is 35.2 Å². The number of unbranched alkanes of at least 4 members (excludes halogenated alkanes) is 3. The smallest absolute Gasteiger partial charge is 0.408 e. The molecule has 0 spiro atoms. The van der Waals surface area contributed by atoms with Gasteiger partial charge in [0.15, 0.2) is 0 Å². The fraction of sp³-hybridized carbons (Fsp3) is 0.545. The number of alkyl carbamates (subject to hydrolysis) is 1. The van der Waals surface area contributed by atoms with Crippen molar-refractivity contribution in [2.24, 2.45) is 5.92 Å². The van der Waals surface area contributed by atoms with E-state index in [1.807, 2.05) is 26.8 Å². The van der Waals surface area contributed by atoms with Crippen molar-refractivity contribution < 1.29 is 24.2 Å². The van der Waals surface area contributed by atoms with Gasteiger partial charge >= 0.3 is 6.09 Å². The van der Waals surface area contributed by atoms with E-state index in [2.05, 4.69) is 17.6 Å². The lowest BCUT2D eigenvalue weighted by atomic mass is 9.95. The van der Waals surface area contributed by atoms with Gasteiger partial charge in [-0.2, -0.15) is 0 Å². The van der Waals surface area contributed by atoms with Gasteiger partial charge in [0.2, 0.25) is 5.91 Å². The summed E-state index contributed by atoms with van der Waals surface area (Å²) in [5, 5.41) is 16.4. The number of anilines is 1. The molecule has 42 heavy (non-hydrogen) atoms. The van der Waals surface area contributed by atoms with E-state index in [1.54, 1.807) is 56.9 Å². The van der Waals surface area contributed by atoms with E-state index < -0.39 is 29.7 Å². The molecule has 2 rings (SSSR count). The van der Waals surface area contributed by atoms with Crippen LogP contribution < -0.4 is 10.6 Å². The van der Waals surface area contributed by atoms with Gasteiger partial charge in [0.1, 0.15) is 23.4 Å². The normalized spacial score (nSPS) is 13.5. The zero-order chi connectivity index (χ0) is 31.6. The van der Waals surface area contributed by atoms with E-state index in [1.165, 1.54) is 6.07 Å². The highest BCUT2D eigenvalue weighted by Gasteiger charge is 2.38. The quantitative estimate of drug-likeness (QED) is 0.204. The van der Waals surface area contributed by atoms with Crippen LogP contribution in [0.2, 0.25) is 5.02 Å². The standard InChI is InChI=1S/C33H48ClN3O5/c1-9-11-12-13-19-37(31(40)28(21(3)10-2)36-32(41)42-33(6,7)8)29(24-17-18-26(38)23(5)20-24)30(39)35-27-22(4)15-14-16-25(27)34/h14-18,20-21,28-29,38H,9-13,19H2,1-8H3,(H,35,39)(H,36,41). The van der Waals surface area contributed by atoms with E-state index in [-0.39, 0.29) is 17.6 Å². The van der Waals surface area contributed by atoms with Gasteiger partial charge in [-0.3, -0.25) is 9.59 Å². The highest BCUT2D eigenvalue weighted by Crippen LogP contribution is 2.32. The number of benzene rings is 2. The lowest BCUT2D eigenvalue weighted by Crippen LogP contribution is -2.55. The fourth-order valence-corrected chi connectivity index (χ4v) is 4.94. The molecule has 0 fully saturated rings. The number of hydrogen-bond donors (Lipinski definition) is 3. The Balaban J connectivity index is 2.64. The summed E-state index contributed by atoms with van der Waals surface area (Å²) < 4.78 is 5.49. The number of ether oxygens (including phenoxy) is 1. The number of aromatic hydroxyl groups is 1. The van der Waals surface area contributed by atoms with E-state index >= 15 is 0 Å². The molecule has 0 bridgehead atoms. The van der Waals surface area contributed by atoms with Crippen LogP contribution in [-0.2, 0) is 14.3 Å². The molecule has 0 heterocycles. The molecule has 9 heteroatoms. The second-order valence-electron chi connectivity index (χ2n) is 12.0. The van der Waals surface area contributed by atoms with Crippen LogP contribution in [0.25, 0.3) is 0 Å². The molecule has 3 unspecified atom stereocenters. The topological polar surface area (TPSA) is 108 Å². The minimum absolute atomic E-state index is 0.0877. The minimum Gasteiger partial charge on any atom is -0.508 e. The van der Waals surface area contributed by atoms with Gasteiger partial charge in [-0.05, 0) is 81.8 Å². The van der Waals surface area contributed by atoms with Crippen LogP contribution in [-0.4, -0.2) is 46.1 Å². The number of amides is 3. The average Bonchev–Trinajstić information content (AvgIpc) is 2.91. The monoisotopic (exact) mass is 601 g/mol. The molecule has 0 aliphatic rings. The second-order valence-corrected chi connectivity index (χ2v) is 12.4. The zero-order valence-electron chi connectivity index (χ0n) is 26.3. The van der Waals surface area contributed by atoms with Crippen molar-refractivity contribution in [1.29, 1.82) is 0 Å². The SMILES string of the molecule is CCCCCCN(C(=O)C(NC(=O)OC(C)(C)C)C(C)CC)C(C(=O)Nc1c(C)cccc1Cl)c1ccc(O)c(C)c1. The van der Waals surface area contributed by atoms with E-state index in [9.17, 15) is 19.5 Å². The maximum absolute atomic E-state index is 14.5. The Bertz CT molecular complexity index is 1210. The van der Waals surface area contributed by atoms with Crippen molar-refractivity contribution in [3.05, 3.63) is 58.1 Å². The van der Waals surface area contributed by atoms with Gasteiger partial charge < -0.3 is 25.4 Å². The minimum atomic E-state index is -1.05. The van der Waals surface area contributed by atoms with E-state index in [0.717, 1.165) is 24.8 Å². The van der Waals surface area contributed by atoms with E-state index in [4.69, 9.17) is 16.3 Å². The first-order chi connectivity index (χ1) is 19.7. The summed E-state index contributed by atoms with van der Waals surface area (Å²) in [6.45, 7) is 15.1. The van der Waals surface area contributed by atoms with Gasteiger partial charge in [0.25, 0.3) is 5.91 Å². The predicted molar refractivity (Wildman–Crippen MR) is 169 cm³/mol. The number of phenolic OH excluding ortho intramolecular Hbond substituents is 1. The number of hydrogen-bond acceptors (Lipinski definition) is 5. The lowest BCUT2D eigenvalue weighted by Gasteiger charge is -2.36. The average molecular weight is 602 g/mol. The number of para-hydroxylation sites is 1. The molecule has 3 amide bonds.